The van der Waals surface area contributed by atoms with Crippen LogP contribution in [0.4, 0.5) is 5.69 Å². The first-order valence-corrected chi connectivity index (χ1v) is 12.8. The number of nitrogens with zero attached hydrogens (tertiary/aromatic N) is 3. The summed E-state index contributed by atoms with van der Waals surface area (Å²) in [5.41, 5.74) is 8.12. The van der Waals surface area contributed by atoms with E-state index in [1.807, 2.05) is 48.5 Å². The smallest absolute Gasteiger partial charge is 0.160 e. The highest BCUT2D eigenvalue weighted by Gasteiger charge is 2.28. The molecule has 0 fully saturated rings. The first kappa shape index (κ1) is 22.1. The van der Waals surface area contributed by atoms with Crippen LogP contribution in [0.15, 0.2) is 138 Å². The van der Waals surface area contributed by atoms with Crippen LogP contribution in [0.1, 0.15) is 22.7 Å². The Hall–Kier alpha value is -5.09. The van der Waals surface area contributed by atoms with Crippen LogP contribution in [0.25, 0.3) is 33.5 Å². The first-order valence-electron chi connectivity index (χ1n) is 12.8. The van der Waals surface area contributed by atoms with Gasteiger partial charge < -0.3 is 5.32 Å². The Morgan fingerprint density at radius 3 is 1.76 bits per heavy atom. The number of benzene rings is 5. The molecular weight excluding hydrogens is 464 g/mol. The fourth-order valence-corrected chi connectivity index (χ4v) is 5.11. The van der Waals surface area contributed by atoms with Crippen molar-refractivity contribution >= 4 is 22.4 Å². The van der Waals surface area contributed by atoms with Crippen LogP contribution in [0.2, 0.25) is 0 Å². The zero-order valence-corrected chi connectivity index (χ0v) is 20.6. The van der Waals surface area contributed by atoms with Gasteiger partial charge in [-0.25, -0.2) is 9.97 Å². The molecule has 1 atom stereocenters. The van der Waals surface area contributed by atoms with Crippen LogP contribution >= 0.6 is 0 Å². The van der Waals surface area contributed by atoms with Gasteiger partial charge in [-0.1, -0.05) is 121 Å². The zero-order chi connectivity index (χ0) is 25.3. The lowest BCUT2D eigenvalue weighted by Gasteiger charge is -2.27. The molecule has 0 saturated heterocycles. The van der Waals surface area contributed by atoms with E-state index < -0.39 is 0 Å². The number of aliphatic imine (C=N–C) groups is 1. The van der Waals surface area contributed by atoms with E-state index in [9.17, 15) is 0 Å². The lowest BCUT2D eigenvalue weighted by atomic mass is 9.92. The topological polar surface area (TPSA) is 50.2 Å². The largest absolute Gasteiger partial charge is 0.340 e. The highest BCUT2D eigenvalue weighted by atomic mass is 15.1. The number of fused-ring (bicyclic) bond motifs is 3. The summed E-state index contributed by atoms with van der Waals surface area (Å²) in [6, 6.07) is 45.3. The molecule has 1 unspecified atom stereocenters. The quantitative estimate of drug-likeness (QED) is 0.274. The van der Waals surface area contributed by atoms with Gasteiger partial charge in [-0.15, -0.1) is 0 Å². The molecule has 1 aliphatic heterocycles. The lowest BCUT2D eigenvalue weighted by Crippen LogP contribution is -2.22. The van der Waals surface area contributed by atoms with Crippen molar-refractivity contribution in [2.45, 2.75) is 6.04 Å². The van der Waals surface area contributed by atoms with Crippen molar-refractivity contribution in [2.75, 3.05) is 5.32 Å². The van der Waals surface area contributed by atoms with Crippen LogP contribution in [-0.2, 0) is 0 Å². The van der Waals surface area contributed by atoms with E-state index in [1.165, 1.54) is 0 Å². The van der Waals surface area contributed by atoms with E-state index in [2.05, 4.69) is 90.2 Å². The molecule has 1 aromatic heterocycles. The van der Waals surface area contributed by atoms with Crippen molar-refractivity contribution in [1.29, 1.82) is 0 Å². The van der Waals surface area contributed by atoms with Crippen molar-refractivity contribution in [1.82, 2.24) is 9.97 Å². The van der Waals surface area contributed by atoms with Crippen molar-refractivity contribution in [2.24, 2.45) is 4.99 Å². The first-order chi connectivity index (χ1) is 18.8. The van der Waals surface area contributed by atoms with Gasteiger partial charge in [-0.3, -0.25) is 4.99 Å². The normalized spacial score (nSPS) is 14.4. The Bertz CT molecular complexity index is 1760. The Labute approximate surface area is 221 Å². The molecule has 0 radical (unpaired) electrons. The molecule has 7 rings (SSSR count). The minimum absolute atomic E-state index is 0.214. The molecule has 0 aliphatic carbocycles. The van der Waals surface area contributed by atoms with Gasteiger partial charge in [0.2, 0.25) is 0 Å². The highest BCUT2D eigenvalue weighted by molar-refractivity contribution is 6.12. The fraction of sp³-hybridized carbons (Fsp3) is 0.0294. The number of rotatable bonds is 4. The van der Waals surface area contributed by atoms with E-state index in [4.69, 9.17) is 15.0 Å². The van der Waals surface area contributed by atoms with Crippen molar-refractivity contribution in [3.05, 3.63) is 150 Å². The number of hydrogen-bond acceptors (Lipinski definition) is 4. The Kier molecular flexibility index (Phi) is 5.48. The van der Waals surface area contributed by atoms with Gasteiger partial charge in [0.1, 0.15) is 11.9 Å². The summed E-state index contributed by atoms with van der Waals surface area (Å²) in [6.45, 7) is 0. The molecule has 180 valence electrons. The van der Waals surface area contributed by atoms with Crippen LogP contribution in [0.5, 0.6) is 0 Å². The molecule has 0 saturated carbocycles. The zero-order valence-electron chi connectivity index (χ0n) is 20.6. The summed E-state index contributed by atoms with van der Waals surface area (Å²) in [4.78, 5) is 15.5. The van der Waals surface area contributed by atoms with Gasteiger partial charge in [0.25, 0.3) is 0 Å². The minimum atomic E-state index is -0.214. The highest BCUT2D eigenvalue weighted by Crippen LogP contribution is 2.42. The average molecular weight is 489 g/mol. The van der Waals surface area contributed by atoms with Gasteiger partial charge in [-0.05, 0) is 17.7 Å². The Balaban J connectivity index is 1.53. The van der Waals surface area contributed by atoms with E-state index in [0.29, 0.717) is 5.82 Å². The molecule has 0 amide bonds. The third-order valence-corrected chi connectivity index (χ3v) is 6.93. The minimum Gasteiger partial charge on any atom is -0.340 e. The Morgan fingerprint density at radius 1 is 0.526 bits per heavy atom. The number of hydrogen-bond donors (Lipinski definition) is 1. The third-order valence-electron chi connectivity index (χ3n) is 6.93. The standard InChI is InChI=1S/C34H24N4/c1-5-13-23(14-6-1)30-27-21-22-28-29(32(27)38-34(36-30)26-19-11-4-12-20-26)31(24-15-7-2-8-16-24)37-33(35-28)25-17-9-3-10-18-25/h1-22,31H,(H,35,37). The maximum atomic E-state index is 5.26. The Morgan fingerprint density at radius 2 is 1.11 bits per heavy atom. The summed E-state index contributed by atoms with van der Waals surface area (Å²) in [7, 11) is 0. The van der Waals surface area contributed by atoms with Crippen LogP contribution in [0.3, 0.4) is 0 Å². The van der Waals surface area contributed by atoms with E-state index >= 15 is 0 Å². The SMILES string of the molecule is c1ccc(C2=NC(c3ccccc3)c3c(ccc4c(-c5ccccc5)nc(-c5ccccc5)nc34)N2)cc1. The molecule has 38 heavy (non-hydrogen) atoms. The van der Waals surface area contributed by atoms with Gasteiger partial charge >= 0.3 is 0 Å². The van der Waals surface area contributed by atoms with Crippen molar-refractivity contribution < 1.29 is 0 Å². The van der Waals surface area contributed by atoms with Crippen molar-refractivity contribution in [3.8, 4) is 22.6 Å². The maximum Gasteiger partial charge on any atom is 0.160 e. The predicted octanol–water partition coefficient (Wildman–Crippen LogP) is 7.93. The molecular formula is C34H24N4. The number of aromatic nitrogens is 2. The summed E-state index contributed by atoms with van der Waals surface area (Å²) in [5.74, 6) is 1.56. The van der Waals surface area contributed by atoms with E-state index in [0.717, 1.165) is 55.9 Å². The summed E-state index contributed by atoms with van der Waals surface area (Å²) >= 11 is 0. The summed E-state index contributed by atoms with van der Waals surface area (Å²) < 4.78 is 0. The molecule has 0 spiro atoms. The molecule has 4 heteroatoms. The fourth-order valence-electron chi connectivity index (χ4n) is 5.11. The van der Waals surface area contributed by atoms with Gasteiger partial charge in [-0.2, -0.15) is 0 Å². The van der Waals surface area contributed by atoms with Crippen LogP contribution in [-0.4, -0.2) is 15.8 Å². The third kappa shape index (κ3) is 3.93. The second kappa shape index (κ2) is 9.41. The number of anilines is 1. The monoisotopic (exact) mass is 488 g/mol. The lowest BCUT2D eigenvalue weighted by molar-refractivity contribution is 0.869. The van der Waals surface area contributed by atoms with Crippen LogP contribution < -0.4 is 5.32 Å². The van der Waals surface area contributed by atoms with E-state index in [1.54, 1.807) is 0 Å². The molecule has 6 aromatic rings. The number of nitrogens with one attached hydrogen (secondary N) is 1. The predicted molar refractivity (Wildman–Crippen MR) is 155 cm³/mol. The van der Waals surface area contributed by atoms with Gasteiger partial charge in [0, 0.05) is 33.3 Å². The summed E-state index contributed by atoms with van der Waals surface area (Å²) in [6.07, 6.45) is 0. The van der Waals surface area contributed by atoms with Crippen LogP contribution in [0, 0.1) is 0 Å². The summed E-state index contributed by atoms with van der Waals surface area (Å²) in [5, 5.41) is 4.62. The molecule has 1 N–H and O–H groups in total. The second-order valence-corrected chi connectivity index (χ2v) is 9.33. The molecule has 1 aliphatic rings. The second-order valence-electron chi connectivity index (χ2n) is 9.33. The van der Waals surface area contributed by atoms with E-state index in [-0.39, 0.29) is 6.04 Å². The molecule has 0 bridgehead atoms. The molecule has 5 aromatic carbocycles. The molecule has 4 nitrogen and oxygen atoms in total. The average Bonchev–Trinajstić information content (AvgIpc) is 3.01. The maximum absolute atomic E-state index is 5.26. The van der Waals surface area contributed by atoms with Crippen molar-refractivity contribution in [3.63, 3.8) is 0 Å². The van der Waals surface area contributed by atoms with Gasteiger partial charge in [0.05, 0.1) is 11.2 Å². The number of amidine groups is 1. The van der Waals surface area contributed by atoms with Gasteiger partial charge in [0.15, 0.2) is 5.82 Å². The molecule has 2 heterocycles.